The van der Waals surface area contributed by atoms with Crippen molar-refractivity contribution in [3.8, 4) is 5.75 Å². The van der Waals surface area contributed by atoms with E-state index in [9.17, 15) is 9.59 Å². The first-order valence-electron chi connectivity index (χ1n) is 9.00. The van der Waals surface area contributed by atoms with E-state index in [1.807, 2.05) is 42.2 Å². The Morgan fingerprint density at radius 2 is 1.96 bits per heavy atom. The largest absolute Gasteiger partial charge is 0.482 e. The highest BCUT2D eigenvalue weighted by molar-refractivity contribution is 5.98. The average Bonchev–Trinajstić information content (AvgIpc) is 2.66. The molecule has 0 aromatic heterocycles. The minimum absolute atomic E-state index is 0.0291. The van der Waals surface area contributed by atoms with Gasteiger partial charge in [0, 0.05) is 26.1 Å². The van der Waals surface area contributed by atoms with Crippen LogP contribution in [0, 0.1) is 6.92 Å². The molecule has 0 N–H and O–H groups in total. The number of ether oxygens (including phenoxy) is 1. The standard InChI is InChI=1S/C21H22N2O3/c1-15-6-7-19-18(12-15)23(21(25)14-26-19)11-9-20(24)22-10-8-16-4-2-3-5-17(16)13-22/h2-7,12H,8-11,13-14H2,1H3. The Morgan fingerprint density at radius 3 is 2.81 bits per heavy atom. The Hall–Kier alpha value is -2.82. The number of carbonyl (C=O) groups is 2. The number of carbonyl (C=O) groups excluding carboxylic acids is 2. The fourth-order valence-corrected chi connectivity index (χ4v) is 3.63. The van der Waals surface area contributed by atoms with E-state index in [0.29, 0.717) is 25.3 Å². The van der Waals surface area contributed by atoms with E-state index >= 15 is 0 Å². The zero-order valence-electron chi connectivity index (χ0n) is 14.9. The molecule has 0 spiro atoms. The minimum atomic E-state index is -0.0973. The Labute approximate surface area is 153 Å². The van der Waals surface area contributed by atoms with Crippen LogP contribution in [0.3, 0.4) is 0 Å². The van der Waals surface area contributed by atoms with Gasteiger partial charge in [-0.2, -0.15) is 0 Å². The molecule has 2 aromatic rings. The lowest BCUT2D eigenvalue weighted by atomic mass is 10.00. The van der Waals surface area contributed by atoms with Crippen molar-refractivity contribution in [3.63, 3.8) is 0 Å². The van der Waals surface area contributed by atoms with Crippen molar-refractivity contribution >= 4 is 17.5 Å². The van der Waals surface area contributed by atoms with Gasteiger partial charge in [0.05, 0.1) is 5.69 Å². The molecule has 0 radical (unpaired) electrons. The van der Waals surface area contributed by atoms with E-state index in [-0.39, 0.29) is 18.4 Å². The van der Waals surface area contributed by atoms with Crippen LogP contribution in [0.2, 0.25) is 0 Å². The van der Waals surface area contributed by atoms with E-state index in [0.717, 1.165) is 24.2 Å². The number of fused-ring (bicyclic) bond motifs is 2. The van der Waals surface area contributed by atoms with Crippen LogP contribution in [0.1, 0.15) is 23.1 Å². The second kappa shape index (κ2) is 6.83. The fraction of sp³-hybridized carbons (Fsp3) is 0.333. The van der Waals surface area contributed by atoms with E-state index < -0.39 is 0 Å². The Kier molecular flexibility index (Phi) is 4.37. The quantitative estimate of drug-likeness (QED) is 0.855. The molecule has 2 aliphatic rings. The molecule has 2 amide bonds. The smallest absolute Gasteiger partial charge is 0.265 e. The molecule has 5 heteroatoms. The van der Waals surface area contributed by atoms with Crippen molar-refractivity contribution in [1.82, 2.24) is 4.90 Å². The number of aryl methyl sites for hydroxylation is 1. The van der Waals surface area contributed by atoms with E-state index in [4.69, 9.17) is 4.74 Å². The molecule has 2 aliphatic heterocycles. The lowest BCUT2D eigenvalue weighted by Gasteiger charge is -2.32. The van der Waals surface area contributed by atoms with Gasteiger partial charge in [-0.05, 0) is 42.2 Å². The summed E-state index contributed by atoms with van der Waals surface area (Å²) >= 11 is 0. The summed E-state index contributed by atoms with van der Waals surface area (Å²) in [6.45, 7) is 3.79. The maximum atomic E-state index is 12.7. The van der Waals surface area contributed by atoms with Crippen molar-refractivity contribution in [2.45, 2.75) is 26.3 Å². The molecule has 0 aliphatic carbocycles. The fourth-order valence-electron chi connectivity index (χ4n) is 3.63. The lowest BCUT2D eigenvalue weighted by molar-refractivity contribution is -0.132. The van der Waals surface area contributed by atoms with Gasteiger partial charge in [-0.3, -0.25) is 9.59 Å². The second-order valence-electron chi connectivity index (χ2n) is 6.89. The molecular weight excluding hydrogens is 328 g/mol. The summed E-state index contributed by atoms with van der Waals surface area (Å²) < 4.78 is 5.50. The van der Waals surface area contributed by atoms with Crippen LogP contribution in [-0.2, 0) is 22.6 Å². The minimum Gasteiger partial charge on any atom is -0.482 e. The van der Waals surface area contributed by atoms with Crippen molar-refractivity contribution < 1.29 is 14.3 Å². The van der Waals surface area contributed by atoms with Gasteiger partial charge < -0.3 is 14.5 Å². The Morgan fingerprint density at radius 1 is 1.15 bits per heavy atom. The molecule has 0 saturated heterocycles. The first kappa shape index (κ1) is 16.6. The highest BCUT2D eigenvalue weighted by Crippen LogP contribution is 2.33. The number of rotatable bonds is 3. The molecule has 134 valence electrons. The van der Waals surface area contributed by atoms with Gasteiger partial charge in [0.1, 0.15) is 5.75 Å². The molecule has 2 aromatic carbocycles. The van der Waals surface area contributed by atoms with Crippen LogP contribution in [0.5, 0.6) is 5.75 Å². The molecule has 2 heterocycles. The highest BCUT2D eigenvalue weighted by atomic mass is 16.5. The number of anilines is 1. The van der Waals surface area contributed by atoms with Crippen molar-refractivity contribution in [3.05, 3.63) is 59.2 Å². The van der Waals surface area contributed by atoms with Gasteiger partial charge in [0.15, 0.2) is 6.61 Å². The molecule has 0 bridgehead atoms. The molecule has 4 rings (SSSR count). The zero-order valence-corrected chi connectivity index (χ0v) is 14.9. The maximum absolute atomic E-state index is 12.7. The first-order chi connectivity index (χ1) is 12.6. The SMILES string of the molecule is Cc1ccc2c(c1)N(CCC(=O)N1CCc3ccccc3C1)C(=O)CO2. The summed E-state index contributed by atoms with van der Waals surface area (Å²) in [5.74, 6) is 0.697. The number of nitrogens with zero attached hydrogens (tertiary/aromatic N) is 2. The van der Waals surface area contributed by atoms with Gasteiger partial charge in [0.25, 0.3) is 5.91 Å². The average molecular weight is 350 g/mol. The molecule has 5 nitrogen and oxygen atoms in total. The lowest BCUT2D eigenvalue weighted by Crippen LogP contribution is -2.42. The molecular formula is C21H22N2O3. The van der Waals surface area contributed by atoms with Crippen LogP contribution < -0.4 is 9.64 Å². The van der Waals surface area contributed by atoms with Crippen LogP contribution in [0.25, 0.3) is 0 Å². The summed E-state index contributed by atoms with van der Waals surface area (Å²) in [7, 11) is 0. The number of amides is 2. The topological polar surface area (TPSA) is 49.9 Å². The predicted molar refractivity (Wildman–Crippen MR) is 99.2 cm³/mol. The van der Waals surface area contributed by atoms with Gasteiger partial charge in [-0.15, -0.1) is 0 Å². The van der Waals surface area contributed by atoms with Crippen molar-refractivity contribution in [2.75, 3.05) is 24.6 Å². The Balaban J connectivity index is 1.44. The number of benzene rings is 2. The normalized spacial score (nSPS) is 16.0. The third-order valence-corrected chi connectivity index (χ3v) is 5.09. The van der Waals surface area contributed by atoms with Crippen LogP contribution in [0.15, 0.2) is 42.5 Å². The van der Waals surface area contributed by atoms with Crippen LogP contribution >= 0.6 is 0 Å². The second-order valence-corrected chi connectivity index (χ2v) is 6.89. The van der Waals surface area contributed by atoms with E-state index in [1.165, 1.54) is 11.1 Å². The van der Waals surface area contributed by atoms with Gasteiger partial charge in [0.2, 0.25) is 5.91 Å². The molecule has 0 fully saturated rings. The monoisotopic (exact) mass is 350 g/mol. The summed E-state index contributed by atoms with van der Waals surface area (Å²) in [5.41, 5.74) is 4.36. The summed E-state index contributed by atoms with van der Waals surface area (Å²) in [6, 6.07) is 14.0. The maximum Gasteiger partial charge on any atom is 0.265 e. The van der Waals surface area contributed by atoms with Gasteiger partial charge in [-0.1, -0.05) is 30.3 Å². The molecule has 0 unspecified atom stereocenters. The van der Waals surface area contributed by atoms with E-state index in [2.05, 4.69) is 12.1 Å². The van der Waals surface area contributed by atoms with Crippen molar-refractivity contribution in [1.29, 1.82) is 0 Å². The first-order valence-corrected chi connectivity index (χ1v) is 9.00. The highest BCUT2D eigenvalue weighted by Gasteiger charge is 2.27. The van der Waals surface area contributed by atoms with Crippen LogP contribution in [-0.4, -0.2) is 36.4 Å². The third-order valence-electron chi connectivity index (χ3n) is 5.09. The van der Waals surface area contributed by atoms with E-state index in [1.54, 1.807) is 4.90 Å². The van der Waals surface area contributed by atoms with Gasteiger partial charge in [-0.25, -0.2) is 0 Å². The van der Waals surface area contributed by atoms with Crippen molar-refractivity contribution in [2.24, 2.45) is 0 Å². The summed E-state index contributed by atoms with van der Waals surface area (Å²) in [6.07, 6.45) is 1.21. The third kappa shape index (κ3) is 3.17. The predicted octanol–water partition coefficient (Wildman–Crippen LogP) is 2.70. The summed E-state index contributed by atoms with van der Waals surface area (Å²) in [4.78, 5) is 28.6. The zero-order chi connectivity index (χ0) is 18.1. The summed E-state index contributed by atoms with van der Waals surface area (Å²) in [5, 5.41) is 0. The molecule has 0 saturated carbocycles. The van der Waals surface area contributed by atoms with Gasteiger partial charge >= 0.3 is 0 Å². The molecule has 0 atom stereocenters. The molecule has 26 heavy (non-hydrogen) atoms. The van der Waals surface area contributed by atoms with Crippen LogP contribution in [0.4, 0.5) is 5.69 Å². The Bertz CT molecular complexity index is 862. The number of hydrogen-bond donors (Lipinski definition) is 0. The number of hydrogen-bond acceptors (Lipinski definition) is 3.